The molecule has 0 amide bonds. The van der Waals surface area contributed by atoms with Gasteiger partial charge in [-0.25, -0.2) is 0 Å². The second kappa shape index (κ2) is 8.77. The molecule has 0 aromatic rings. The zero-order valence-electron chi connectivity index (χ0n) is 10.6. The summed E-state index contributed by atoms with van der Waals surface area (Å²) >= 11 is 0. The van der Waals surface area contributed by atoms with Crippen LogP contribution in [0.1, 0.15) is 45.4 Å². The molecule has 1 heterocycles. The monoisotopic (exact) mass is 226 g/mol. The van der Waals surface area contributed by atoms with E-state index in [0.29, 0.717) is 6.10 Å². The van der Waals surface area contributed by atoms with Crippen LogP contribution < -0.4 is 0 Å². The van der Waals surface area contributed by atoms with Gasteiger partial charge < -0.3 is 9.47 Å². The third kappa shape index (κ3) is 7.02. The van der Waals surface area contributed by atoms with Crippen molar-refractivity contribution in [3.8, 4) is 0 Å². The molecule has 0 spiro atoms. The zero-order valence-corrected chi connectivity index (χ0v) is 10.6. The van der Waals surface area contributed by atoms with Crippen LogP contribution in [-0.4, -0.2) is 25.9 Å². The molecule has 1 rings (SSSR count). The van der Waals surface area contributed by atoms with Gasteiger partial charge in [-0.05, 0) is 31.6 Å². The maximum Gasteiger partial charge on any atom is 0.104 e. The first-order chi connectivity index (χ1) is 7.86. The topological polar surface area (TPSA) is 21.8 Å². The third-order valence-electron chi connectivity index (χ3n) is 3.21. The van der Waals surface area contributed by atoms with Crippen molar-refractivity contribution in [3.63, 3.8) is 0 Å². The fraction of sp³-hybridized carbons (Fsp3) is 0.857. The summed E-state index contributed by atoms with van der Waals surface area (Å²) in [6.07, 6.45) is 10.0. The van der Waals surface area contributed by atoms with Gasteiger partial charge in [-0.3, -0.25) is 0 Å². The summed E-state index contributed by atoms with van der Waals surface area (Å²) in [5.74, 6) is 0.876. The normalized spacial score (nSPS) is 20.7. The second-order valence-corrected chi connectivity index (χ2v) is 4.67. The van der Waals surface area contributed by atoms with Crippen LogP contribution in [0.3, 0.4) is 0 Å². The van der Waals surface area contributed by atoms with E-state index >= 15 is 0 Å². The highest BCUT2D eigenvalue weighted by atomic mass is 16.6. The summed E-state index contributed by atoms with van der Waals surface area (Å²) in [4.78, 5) is 0. The number of hydrogen-bond donors (Lipinski definition) is 0. The van der Waals surface area contributed by atoms with Gasteiger partial charge in [0.15, 0.2) is 0 Å². The quantitative estimate of drug-likeness (QED) is 0.305. The summed E-state index contributed by atoms with van der Waals surface area (Å²) in [6.45, 7) is 8.65. The maximum absolute atomic E-state index is 5.54. The Hall–Kier alpha value is -0.340. The number of ether oxygens (including phenoxy) is 2. The highest BCUT2D eigenvalue weighted by Crippen LogP contribution is 2.18. The van der Waals surface area contributed by atoms with Gasteiger partial charge >= 0.3 is 0 Å². The van der Waals surface area contributed by atoms with Crippen LogP contribution >= 0.6 is 0 Å². The number of rotatable bonds is 11. The average Bonchev–Trinajstić information content (AvgIpc) is 3.10. The van der Waals surface area contributed by atoms with E-state index in [0.717, 1.165) is 32.2 Å². The Morgan fingerprint density at radius 1 is 1.44 bits per heavy atom. The first-order valence-corrected chi connectivity index (χ1v) is 6.67. The van der Waals surface area contributed by atoms with Crippen molar-refractivity contribution in [1.29, 1.82) is 0 Å². The van der Waals surface area contributed by atoms with Crippen LogP contribution in [0.4, 0.5) is 0 Å². The molecule has 1 aliphatic rings. The van der Waals surface area contributed by atoms with Gasteiger partial charge in [0.25, 0.3) is 0 Å². The molecule has 0 aromatic carbocycles. The Kier molecular flexibility index (Phi) is 7.52. The van der Waals surface area contributed by atoms with Gasteiger partial charge in [0.1, 0.15) is 6.10 Å². The van der Waals surface area contributed by atoms with Crippen LogP contribution in [0.2, 0.25) is 0 Å². The first-order valence-electron chi connectivity index (χ1n) is 6.67. The Bertz CT molecular complexity index is 176. The molecule has 1 fully saturated rings. The molecule has 1 aliphatic heterocycles. The molecule has 2 heteroatoms. The Balaban J connectivity index is 1.88. The van der Waals surface area contributed by atoms with Crippen LogP contribution in [0.5, 0.6) is 0 Å². The maximum atomic E-state index is 5.54. The van der Waals surface area contributed by atoms with Gasteiger partial charge in [0, 0.05) is 6.61 Å². The number of allylic oxidation sites excluding steroid dienone is 1. The predicted octanol–water partition coefficient (Wildman–Crippen LogP) is 3.56. The molecule has 0 radical (unpaired) electrons. The Morgan fingerprint density at radius 3 is 2.81 bits per heavy atom. The summed E-state index contributed by atoms with van der Waals surface area (Å²) in [7, 11) is 0. The van der Waals surface area contributed by atoms with Crippen LogP contribution in [-0.2, 0) is 9.47 Å². The van der Waals surface area contributed by atoms with Gasteiger partial charge in [-0.1, -0.05) is 25.8 Å². The standard InChI is InChI=1S/C14H26O2/c1-3-5-6-8-13(4-2)9-7-10-15-11-14-12-16-14/h3,13-14H,1,4-12H2,2H3. The van der Waals surface area contributed by atoms with Crippen molar-refractivity contribution in [2.75, 3.05) is 19.8 Å². The molecule has 1 saturated heterocycles. The van der Waals surface area contributed by atoms with E-state index in [4.69, 9.17) is 9.47 Å². The van der Waals surface area contributed by atoms with E-state index in [1.807, 2.05) is 6.08 Å². The van der Waals surface area contributed by atoms with E-state index in [9.17, 15) is 0 Å². The number of epoxide rings is 1. The minimum Gasteiger partial charge on any atom is -0.379 e. The second-order valence-electron chi connectivity index (χ2n) is 4.67. The van der Waals surface area contributed by atoms with Crippen molar-refractivity contribution >= 4 is 0 Å². The minimum absolute atomic E-state index is 0.412. The molecule has 0 bridgehead atoms. The average molecular weight is 226 g/mol. The number of unbranched alkanes of at least 4 members (excludes halogenated alkanes) is 1. The highest BCUT2D eigenvalue weighted by molar-refractivity contribution is 4.68. The van der Waals surface area contributed by atoms with Gasteiger partial charge in [0.05, 0.1) is 13.2 Å². The molecule has 0 saturated carbocycles. The lowest BCUT2D eigenvalue weighted by molar-refractivity contribution is 0.109. The lowest BCUT2D eigenvalue weighted by atomic mass is 9.94. The largest absolute Gasteiger partial charge is 0.379 e. The van der Waals surface area contributed by atoms with Crippen LogP contribution in [0, 0.1) is 5.92 Å². The molecule has 16 heavy (non-hydrogen) atoms. The molecule has 0 aromatic heterocycles. The van der Waals surface area contributed by atoms with Crippen LogP contribution in [0.15, 0.2) is 12.7 Å². The van der Waals surface area contributed by atoms with Gasteiger partial charge in [-0.2, -0.15) is 0 Å². The van der Waals surface area contributed by atoms with E-state index in [2.05, 4.69) is 13.5 Å². The SMILES string of the molecule is C=CCCCC(CC)CCCOCC1CO1. The predicted molar refractivity (Wildman–Crippen MR) is 67.6 cm³/mol. The fourth-order valence-electron chi connectivity index (χ4n) is 1.96. The molecule has 0 aliphatic carbocycles. The molecule has 2 unspecified atom stereocenters. The van der Waals surface area contributed by atoms with Crippen LogP contribution in [0.25, 0.3) is 0 Å². The molecular weight excluding hydrogens is 200 g/mol. The zero-order chi connectivity index (χ0) is 11.6. The van der Waals surface area contributed by atoms with Crippen molar-refractivity contribution in [1.82, 2.24) is 0 Å². The Labute approximate surface area is 100 Å². The third-order valence-corrected chi connectivity index (χ3v) is 3.21. The molecule has 0 N–H and O–H groups in total. The van der Waals surface area contributed by atoms with Crippen molar-refractivity contribution in [2.45, 2.75) is 51.6 Å². The summed E-state index contributed by atoms with van der Waals surface area (Å²) in [5, 5.41) is 0. The van der Waals surface area contributed by atoms with Crippen molar-refractivity contribution < 1.29 is 9.47 Å². The Morgan fingerprint density at radius 2 is 2.19 bits per heavy atom. The lowest BCUT2D eigenvalue weighted by Crippen LogP contribution is -2.05. The smallest absolute Gasteiger partial charge is 0.104 e. The minimum atomic E-state index is 0.412. The summed E-state index contributed by atoms with van der Waals surface area (Å²) in [6, 6.07) is 0. The van der Waals surface area contributed by atoms with Crippen molar-refractivity contribution in [2.24, 2.45) is 5.92 Å². The van der Waals surface area contributed by atoms with Crippen molar-refractivity contribution in [3.05, 3.63) is 12.7 Å². The van der Waals surface area contributed by atoms with E-state index in [1.165, 1.54) is 32.1 Å². The van der Waals surface area contributed by atoms with Gasteiger partial charge in [-0.15, -0.1) is 6.58 Å². The molecule has 2 nitrogen and oxygen atoms in total. The van der Waals surface area contributed by atoms with E-state index in [-0.39, 0.29) is 0 Å². The molecule has 94 valence electrons. The molecule has 2 atom stereocenters. The molecular formula is C14H26O2. The fourth-order valence-corrected chi connectivity index (χ4v) is 1.96. The van der Waals surface area contributed by atoms with Gasteiger partial charge in [0.2, 0.25) is 0 Å². The van der Waals surface area contributed by atoms with E-state index in [1.54, 1.807) is 0 Å². The van der Waals surface area contributed by atoms with E-state index < -0.39 is 0 Å². The number of hydrogen-bond acceptors (Lipinski definition) is 2. The lowest BCUT2D eigenvalue weighted by Gasteiger charge is -2.13. The first kappa shape index (κ1) is 13.7. The highest BCUT2D eigenvalue weighted by Gasteiger charge is 2.21. The summed E-state index contributed by atoms with van der Waals surface area (Å²) in [5.41, 5.74) is 0. The summed E-state index contributed by atoms with van der Waals surface area (Å²) < 4.78 is 10.6.